The van der Waals surface area contributed by atoms with Gasteiger partial charge in [0.15, 0.2) is 0 Å². The summed E-state index contributed by atoms with van der Waals surface area (Å²) in [7, 11) is 0. The van der Waals surface area contributed by atoms with E-state index < -0.39 is 12.0 Å². The average Bonchev–Trinajstić information content (AvgIpc) is 2.40. The summed E-state index contributed by atoms with van der Waals surface area (Å²) in [4.78, 5) is 23.5. The number of hydrogen-bond acceptors (Lipinski definition) is 3. The average molecular weight is 314 g/mol. The fraction of sp³-hybridized carbons (Fsp3) is 0.286. The van der Waals surface area contributed by atoms with Crippen molar-refractivity contribution in [3.05, 3.63) is 41.9 Å². The van der Waals surface area contributed by atoms with Crippen molar-refractivity contribution >= 4 is 35.2 Å². The van der Waals surface area contributed by atoms with Gasteiger partial charge in [-0.2, -0.15) is 0 Å². The Morgan fingerprint density at radius 1 is 1.40 bits per heavy atom. The third kappa shape index (κ3) is 6.12. The zero-order chi connectivity index (χ0) is 15.0. The zero-order valence-corrected chi connectivity index (χ0v) is 12.4. The van der Waals surface area contributed by atoms with Crippen molar-refractivity contribution < 1.29 is 14.7 Å². The van der Waals surface area contributed by atoms with Gasteiger partial charge in [0.1, 0.15) is 6.04 Å². The summed E-state index contributed by atoms with van der Waals surface area (Å²) in [5, 5.41) is 12.0. The molecule has 1 atom stereocenters. The van der Waals surface area contributed by atoms with E-state index in [0.717, 1.165) is 4.90 Å². The summed E-state index contributed by atoms with van der Waals surface area (Å²) in [5.74, 6) is -0.752. The number of carbonyl (C=O) groups is 2. The smallest absolute Gasteiger partial charge is 0.326 e. The van der Waals surface area contributed by atoms with Gasteiger partial charge in [0.2, 0.25) is 5.91 Å². The van der Waals surface area contributed by atoms with Crippen LogP contribution in [0.4, 0.5) is 0 Å². The minimum Gasteiger partial charge on any atom is -0.480 e. The molecule has 0 aliphatic heterocycles. The lowest BCUT2D eigenvalue weighted by atomic mass is 10.2. The van der Waals surface area contributed by atoms with Crippen molar-refractivity contribution in [3.8, 4) is 0 Å². The van der Waals surface area contributed by atoms with Gasteiger partial charge in [-0.15, -0.1) is 18.3 Å². The lowest BCUT2D eigenvalue weighted by Gasteiger charge is -2.12. The van der Waals surface area contributed by atoms with Gasteiger partial charge in [-0.05, 0) is 30.7 Å². The molecule has 0 aliphatic rings. The van der Waals surface area contributed by atoms with Crippen molar-refractivity contribution in [1.82, 2.24) is 5.32 Å². The fourth-order valence-corrected chi connectivity index (χ4v) is 2.42. The lowest BCUT2D eigenvalue weighted by molar-refractivity contribution is -0.141. The molecule has 2 N–H and O–H groups in total. The molecule has 1 amide bonds. The molecule has 0 aromatic heterocycles. The Labute approximate surface area is 127 Å². The molecule has 1 aromatic carbocycles. The summed E-state index contributed by atoms with van der Waals surface area (Å²) in [6.45, 7) is 3.47. The highest BCUT2D eigenvalue weighted by Gasteiger charge is 2.17. The quantitative estimate of drug-likeness (QED) is 0.572. The van der Waals surface area contributed by atoms with Crippen LogP contribution in [0.2, 0.25) is 5.02 Å². The van der Waals surface area contributed by atoms with Crippen LogP contribution in [0.15, 0.2) is 41.8 Å². The summed E-state index contributed by atoms with van der Waals surface area (Å²) >= 11 is 7.29. The Bertz CT molecular complexity index is 476. The largest absolute Gasteiger partial charge is 0.480 e. The number of rotatable bonds is 8. The van der Waals surface area contributed by atoms with Gasteiger partial charge in [0.05, 0.1) is 0 Å². The minimum atomic E-state index is -1.05. The third-order valence-corrected chi connectivity index (χ3v) is 3.71. The van der Waals surface area contributed by atoms with E-state index in [0.29, 0.717) is 10.8 Å². The standard InChI is InChI=1S/C14H16ClNO3S/c1-2-3-12(14(18)19)16-13(17)8-9-20-11-6-4-10(15)5-7-11/h2,4-7,12H,1,3,8-9H2,(H,16,17)(H,18,19). The summed E-state index contributed by atoms with van der Waals surface area (Å²) in [6, 6.07) is 6.43. The van der Waals surface area contributed by atoms with Crippen molar-refractivity contribution in [3.63, 3.8) is 0 Å². The highest BCUT2D eigenvalue weighted by molar-refractivity contribution is 7.99. The van der Waals surface area contributed by atoms with E-state index in [4.69, 9.17) is 16.7 Å². The second-order valence-electron chi connectivity index (χ2n) is 4.04. The van der Waals surface area contributed by atoms with Gasteiger partial charge in [-0.3, -0.25) is 4.79 Å². The molecule has 1 unspecified atom stereocenters. The van der Waals surface area contributed by atoms with Crippen molar-refractivity contribution in [1.29, 1.82) is 0 Å². The van der Waals surface area contributed by atoms with Crippen molar-refractivity contribution in [2.75, 3.05) is 5.75 Å². The van der Waals surface area contributed by atoms with Gasteiger partial charge < -0.3 is 10.4 Å². The van der Waals surface area contributed by atoms with Gasteiger partial charge >= 0.3 is 5.97 Å². The Balaban J connectivity index is 2.33. The van der Waals surface area contributed by atoms with Crippen LogP contribution in [0.25, 0.3) is 0 Å². The van der Waals surface area contributed by atoms with E-state index >= 15 is 0 Å². The number of nitrogens with one attached hydrogen (secondary N) is 1. The zero-order valence-electron chi connectivity index (χ0n) is 10.8. The Kier molecular flexibility index (Phi) is 7.18. The first-order valence-corrected chi connectivity index (χ1v) is 7.40. The second-order valence-corrected chi connectivity index (χ2v) is 5.64. The Morgan fingerprint density at radius 3 is 2.60 bits per heavy atom. The molecule has 0 radical (unpaired) electrons. The highest BCUT2D eigenvalue weighted by atomic mass is 35.5. The number of benzene rings is 1. The topological polar surface area (TPSA) is 66.4 Å². The van der Waals surface area contributed by atoms with Gasteiger partial charge in [0, 0.05) is 22.1 Å². The van der Waals surface area contributed by atoms with Crippen LogP contribution in [-0.2, 0) is 9.59 Å². The lowest BCUT2D eigenvalue weighted by Crippen LogP contribution is -2.40. The molecule has 20 heavy (non-hydrogen) atoms. The molecular weight excluding hydrogens is 298 g/mol. The first-order chi connectivity index (χ1) is 9.52. The number of thioether (sulfide) groups is 1. The van der Waals surface area contributed by atoms with E-state index in [2.05, 4.69) is 11.9 Å². The molecule has 0 spiro atoms. The number of amides is 1. The SMILES string of the molecule is C=CCC(NC(=O)CCSc1ccc(Cl)cc1)C(=O)O. The third-order valence-electron chi connectivity index (χ3n) is 2.45. The molecular formula is C14H16ClNO3S. The van der Waals surface area contributed by atoms with Crippen LogP contribution in [0, 0.1) is 0 Å². The highest BCUT2D eigenvalue weighted by Crippen LogP contribution is 2.20. The van der Waals surface area contributed by atoms with E-state index in [1.807, 2.05) is 12.1 Å². The molecule has 1 rings (SSSR count). The van der Waals surface area contributed by atoms with Crippen LogP contribution >= 0.6 is 23.4 Å². The second kappa shape index (κ2) is 8.66. The predicted octanol–water partition coefficient (Wildman–Crippen LogP) is 2.97. The molecule has 0 heterocycles. The van der Waals surface area contributed by atoms with Gasteiger partial charge in [0.25, 0.3) is 0 Å². The van der Waals surface area contributed by atoms with Crippen LogP contribution in [0.1, 0.15) is 12.8 Å². The minimum absolute atomic E-state index is 0.214. The number of aliphatic carboxylic acids is 1. The van der Waals surface area contributed by atoms with Crippen LogP contribution in [-0.4, -0.2) is 28.8 Å². The molecule has 0 saturated carbocycles. The van der Waals surface area contributed by atoms with Crippen molar-refractivity contribution in [2.24, 2.45) is 0 Å². The molecule has 4 nitrogen and oxygen atoms in total. The monoisotopic (exact) mass is 313 g/mol. The fourth-order valence-electron chi connectivity index (χ4n) is 1.45. The van der Waals surface area contributed by atoms with Gasteiger partial charge in [-0.1, -0.05) is 17.7 Å². The Morgan fingerprint density at radius 2 is 2.05 bits per heavy atom. The maximum atomic E-state index is 11.6. The summed E-state index contributed by atoms with van der Waals surface area (Å²) in [6.07, 6.45) is 1.95. The molecule has 0 aliphatic carbocycles. The Hall–Kier alpha value is -1.46. The van der Waals surface area contributed by atoms with E-state index in [9.17, 15) is 9.59 Å². The number of carbonyl (C=O) groups excluding carboxylic acids is 1. The maximum absolute atomic E-state index is 11.6. The van der Waals surface area contributed by atoms with E-state index in [1.54, 1.807) is 12.1 Å². The molecule has 0 saturated heterocycles. The van der Waals surface area contributed by atoms with Crippen molar-refractivity contribution in [2.45, 2.75) is 23.8 Å². The number of carboxylic acids is 1. The molecule has 1 aromatic rings. The van der Waals surface area contributed by atoms with E-state index in [1.165, 1.54) is 17.8 Å². The van der Waals surface area contributed by atoms with E-state index in [-0.39, 0.29) is 18.7 Å². The molecule has 0 bridgehead atoms. The first kappa shape index (κ1) is 16.6. The first-order valence-electron chi connectivity index (χ1n) is 6.04. The van der Waals surface area contributed by atoms with Crippen LogP contribution < -0.4 is 5.32 Å². The van der Waals surface area contributed by atoms with Crippen LogP contribution in [0.5, 0.6) is 0 Å². The molecule has 108 valence electrons. The van der Waals surface area contributed by atoms with Gasteiger partial charge in [-0.25, -0.2) is 4.79 Å². The number of halogens is 1. The number of hydrogen-bond donors (Lipinski definition) is 2. The summed E-state index contributed by atoms with van der Waals surface area (Å²) < 4.78 is 0. The maximum Gasteiger partial charge on any atom is 0.326 e. The number of carboxylic acid groups (broad SMARTS) is 1. The van der Waals surface area contributed by atoms with Crippen LogP contribution in [0.3, 0.4) is 0 Å². The molecule has 0 fully saturated rings. The molecule has 6 heteroatoms. The predicted molar refractivity (Wildman–Crippen MR) is 81.2 cm³/mol. The summed E-state index contributed by atoms with van der Waals surface area (Å²) in [5.41, 5.74) is 0. The normalized spacial score (nSPS) is 11.7.